The van der Waals surface area contributed by atoms with Gasteiger partial charge in [0.1, 0.15) is 24.7 Å². The summed E-state index contributed by atoms with van der Waals surface area (Å²) < 4.78 is 35.6. The Morgan fingerprint density at radius 3 is 2.39 bits per heavy atom. The Kier molecular flexibility index (Phi) is 5.80. The molecule has 0 aliphatic carbocycles. The topological polar surface area (TPSA) is 50.7 Å². The van der Waals surface area contributed by atoms with E-state index in [2.05, 4.69) is 5.32 Å². The summed E-state index contributed by atoms with van der Waals surface area (Å²) in [7, 11) is 1.57. The highest BCUT2D eigenvalue weighted by molar-refractivity contribution is 5.31. The van der Waals surface area contributed by atoms with Gasteiger partial charge in [0, 0.05) is 6.54 Å². The third kappa shape index (κ3) is 5.29. The maximum Gasteiger partial charge on any atom is 0.282 e. The highest BCUT2D eigenvalue weighted by Crippen LogP contribution is 2.16. The van der Waals surface area contributed by atoms with Gasteiger partial charge < -0.3 is 19.9 Å². The average Bonchev–Trinajstić information content (AvgIpc) is 2.39. The number of halogens is 2. The van der Waals surface area contributed by atoms with Gasteiger partial charge in [0.2, 0.25) is 0 Å². The highest BCUT2D eigenvalue weighted by Gasteiger charge is 2.26. The molecular formula is C12H17F2NO3. The second-order valence-electron chi connectivity index (χ2n) is 3.71. The molecule has 2 N–H and O–H groups in total. The van der Waals surface area contributed by atoms with E-state index in [1.165, 1.54) is 0 Å². The third-order valence-corrected chi connectivity index (χ3v) is 2.22. The number of rotatable bonds is 8. The molecule has 1 aromatic carbocycles. The Labute approximate surface area is 105 Å². The summed E-state index contributed by atoms with van der Waals surface area (Å²) in [5.74, 6) is -1.71. The van der Waals surface area contributed by atoms with E-state index in [0.717, 1.165) is 5.75 Å². The molecule has 1 rings (SSSR count). The number of methoxy groups -OCH3 is 1. The molecule has 0 bridgehead atoms. The maximum absolute atomic E-state index is 12.6. The van der Waals surface area contributed by atoms with Gasteiger partial charge in [0.05, 0.1) is 13.7 Å². The van der Waals surface area contributed by atoms with Crippen molar-refractivity contribution in [3.63, 3.8) is 0 Å². The van der Waals surface area contributed by atoms with E-state index < -0.39 is 19.1 Å². The first-order valence-corrected chi connectivity index (χ1v) is 5.53. The molecule has 0 radical (unpaired) electrons. The lowest BCUT2D eigenvalue weighted by atomic mass is 10.3. The lowest BCUT2D eigenvalue weighted by molar-refractivity contribution is -0.0477. The summed E-state index contributed by atoms with van der Waals surface area (Å²) in [6.07, 6.45) is 0. The molecule has 0 spiro atoms. The second-order valence-corrected chi connectivity index (χ2v) is 3.71. The van der Waals surface area contributed by atoms with Crippen LogP contribution in [0.4, 0.5) is 8.78 Å². The SMILES string of the molecule is COc1ccc(OCCNCC(F)(F)CO)cc1. The van der Waals surface area contributed by atoms with Gasteiger partial charge in [-0.15, -0.1) is 0 Å². The number of aliphatic hydroxyl groups excluding tert-OH is 1. The minimum atomic E-state index is -3.08. The van der Waals surface area contributed by atoms with Crippen molar-refractivity contribution in [2.45, 2.75) is 5.92 Å². The zero-order valence-electron chi connectivity index (χ0n) is 10.2. The molecule has 0 amide bonds. The maximum atomic E-state index is 12.6. The second kappa shape index (κ2) is 7.13. The summed E-state index contributed by atoms with van der Waals surface area (Å²) in [5.41, 5.74) is 0. The van der Waals surface area contributed by atoms with Crippen molar-refractivity contribution in [1.29, 1.82) is 0 Å². The van der Waals surface area contributed by atoms with Gasteiger partial charge in [-0.2, -0.15) is 0 Å². The number of benzene rings is 1. The van der Waals surface area contributed by atoms with Crippen molar-refractivity contribution in [1.82, 2.24) is 5.32 Å². The fourth-order valence-electron chi connectivity index (χ4n) is 1.24. The lowest BCUT2D eigenvalue weighted by Gasteiger charge is -2.14. The van der Waals surface area contributed by atoms with Gasteiger partial charge in [-0.05, 0) is 24.3 Å². The first-order chi connectivity index (χ1) is 8.57. The van der Waals surface area contributed by atoms with E-state index in [1.54, 1.807) is 31.4 Å². The van der Waals surface area contributed by atoms with Gasteiger partial charge in [0.15, 0.2) is 0 Å². The highest BCUT2D eigenvalue weighted by atomic mass is 19.3. The fraction of sp³-hybridized carbons (Fsp3) is 0.500. The minimum Gasteiger partial charge on any atom is -0.497 e. The molecule has 18 heavy (non-hydrogen) atoms. The Morgan fingerprint density at radius 1 is 1.22 bits per heavy atom. The van der Waals surface area contributed by atoms with Crippen LogP contribution in [0.2, 0.25) is 0 Å². The van der Waals surface area contributed by atoms with E-state index in [4.69, 9.17) is 14.6 Å². The van der Waals surface area contributed by atoms with Crippen LogP contribution in [0.3, 0.4) is 0 Å². The van der Waals surface area contributed by atoms with Crippen molar-refractivity contribution in [2.75, 3.05) is 33.4 Å². The molecule has 0 atom stereocenters. The smallest absolute Gasteiger partial charge is 0.282 e. The summed E-state index contributed by atoms with van der Waals surface area (Å²) in [5, 5.41) is 10.9. The Hall–Kier alpha value is -1.40. The zero-order valence-corrected chi connectivity index (χ0v) is 10.2. The fourth-order valence-corrected chi connectivity index (χ4v) is 1.24. The van der Waals surface area contributed by atoms with Crippen LogP contribution < -0.4 is 14.8 Å². The lowest BCUT2D eigenvalue weighted by Crippen LogP contribution is -2.37. The van der Waals surface area contributed by atoms with E-state index in [9.17, 15) is 8.78 Å². The Morgan fingerprint density at radius 2 is 1.83 bits per heavy atom. The number of nitrogens with one attached hydrogen (secondary N) is 1. The van der Waals surface area contributed by atoms with Gasteiger partial charge in [-0.3, -0.25) is 0 Å². The number of alkyl halides is 2. The van der Waals surface area contributed by atoms with E-state index >= 15 is 0 Å². The first kappa shape index (κ1) is 14.7. The van der Waals surface area contributed by atoms with E-state index in [1.807, 2.05) is 0 Å². The van der Waals surface area contributed by atoms with Crippen LogP contribution in [0.5, 0.6) is 11.5 Å². The molecule has 0 aliphatic rings. The molecule has 4 nitrogen and oxygen atoms in total. The Bertz CT molecular complexity index is 344. The van der Waals surface area contributed by atoms with E-state index in [-0.39, 0.29) is 13.2 Å². The van der Waals surface area contributed by atoms with Crippen LogP contribution in [0, 0.1) is 0 Å². The molecule has 1 aromatic rings. The van der Waals surface area contributed by atoms with Crippen molar-refractivity contribution in [3.8, 4) is 11.5 Å². The summed E-state index contributed by atoms with van der Waals surface area (Å²) >= 11 is 0. The molecule has 0 aromatic heterocycles. The average molecular weight is 261 g/mol. The standard InChI is InChI=1S/C12H17F2NO3/c1-17-10-2-4-11(5-3-10)18-7-6-15-8-12(13,14)9-16/h2-5,15-16H,6-9H2,1H3. The molecule has 0 aliphatic heterocycles. The van der Waals surface area contributed by atoms with Crippen LogP contribution in [-0.4, -0.2) is 44.4 Å². The molecule has 102 valence electrons. The van der Waals surface area contributed by atoms with Gasteiger partial charge in [-0.25, -0.2) is 8.78 Å². The summed E-state index contributed by atoms with van der Waals surface area (Å²) in [6.45, 7) is -1.16. The van der Waals surface area contributed by atoms with Crippen molar-refractivity contribution in [2.24, 2.45) is 0 Å². The van der Waals surface area contributed by atoms with Crippen molar-refractivity contribution < 1.29 is 23.4 Å². The predicted octanol–water partition coefficient (Wildman–Crippen LogP) is 1.29. The zero-order chi connectivity index (χ0) is 13.4. The van der Waals surface area contributed by atoms with Gasteiger partial charge in [-0.1, -0.05) is 0 Å². The van der Waals surface area contributed by atoms with Gasteiger partial charge >= 0.3 is 0 Å². The van der Waals surface area contributed by atoms with Crippen LogP contribution in [-0.2, 0) is 0 Å². The number of hydrogen-bond acceptors (Lipinski definition) is 4. The van der Waals surface area contributed by atoms with E-state index in [0.29, 0.717) is 5.75 Å². The number of hydrogen-bond donors (Lipinski definition) is 2. The molecule has 0 saturated carbocycles. The number of ether oxygens (including phenoxy) is 2. The largest absolute Gasteiger partial charge is 0.497 e. The molecular weight excluding hydrogens is 244 g/mol. The van der Waals surface area contributed by atoms with Crippen LogP contribution >= 0.6 is 0 Å². The Balaban J connectivity index is 2.17. The molecule has 0 heterocycles. The molecule has 6 heteroatoms. The third-order valence-electron chi connectivity index (χ3n) is 2.22. The quantitative estimate of drug-likeness (QED) is 0.692. The predicted molar refractivity (Wildman–Crippen MR) is 63.4 cm³/mol. The van der Waals surface area contributed by atoms with Crippen LogP contribution in [0.1, 0.15) is 0 Å². The summed E-state index contributed by atoms with van der Waals surface area (Å²) in [6, 6.07) is 6.98. The van der Waals surface area contributed by atoms with Crippen LogP contribution in [0.25, 0.3) is 0 Å². The van der Waals surface area contributed by atoms with Crippen molar-refractivity contribution in [3.05, 3.63) is 24.3 Å². The molecule has 0 fully saturated rings. The molecule has 0 saturated heterocycles. The minimum absolute atomic E-state index is 0.272. The van der Waals surface area contributed by atoms with Gasteiger partial charge in [0.25, 0.3) is 5.92 Å². The van der Waals surface area contributed by atoms with Crippen LogP contribution in [0.15, 0.2) is 24.3 Å². The summed E-state index contributed by atoms with van der Waals surface area (Å²) in [4.78, 5) is 0. The molecule has 0 unspecified atom stereocenters. The van der Waals surface area contributed by atoms with Crippen molar-refractivity contribution >= 4 is 0 Å². The normalized spacial score (nSPS) is 11.3. The first-order valence-electron chi connectivity index (χ1n) is 5.53. The monoisotopic (exact) mass is 261 g/mol. The number of aliphatic hydroxyl groups is 1.